The molecule has 3 aliphatic heterocycles. The lowest BCUT2D eigenvalue weighted by Gasteiger charge is -2.26. The largest absolute Gasteiger partial charge is 0.481 e. The van der Waals surface area contributed by atoms with E-state index in [2.05, 4.69) is 34.0 Å². The van der Waals surface area contributed by atoms with Crippen LogP contribution in [0.1, 0.15) is 131 Å². The summed E-state index contributed by atoms with van der Waals surface area (Å²) in [6, 6.07) is 5.87. The minimum absolute atomic E-state index is 0.0536. The summed E-state index contributed by atoms with van der Waals surface area (Å²) in [5.74, 6) is -2.37. The van der Waals surface area contributed by atoms with Gasteiger partial charge in [-0.1, -0.05) is 20.8 Å². The first-order chi connectivity index (χ1) is 25.8. The van der Waals surface area contributed by atoms with Gasteiger partial charge in [0.2, 0.25) is 0 Å². The van der Waals surface area contributed by atoms with Crippen molar-refractivity contribution in [2.45, 2.75) is 90.9 Å². The van der Waals surface area contributed by atoms with Crippen molar-refractivity contribution < 1.29 is 33.8 Å². The number of morpholine rings is 1. The van der Waals surface area contributed by atoms with Crippen LogP contribution in [0, 0.1) is 13.8 Å². The maximum Gasteiger partial charge on any atom is 0.310 e. The first-order valence-corrected chi connectivity index (χ1v) is 19.0. The number of hydrogen-bond acceptors (Lipinski definition) is 9. The number of Topliss-reactive ketones (excluding diaryl/α,β-unsaturated/α-hetero) is 1. The number of rotatable bonds is 11. The highest BCUT2D eigenvalue weighted by molar-refractivity contribution is 6.06. The normalized spacial score (nSPS) is 20.1. The van der Waals surface area contributed by atoms with Crippen molar-refractivity contribution in [2.75, 3.05) is 46.5 Å². The van der Waals surface area contributed by atoms with E-state index in [1.807, 2.05) is 39.0 Å². The van der Waals surface area contributed by atoms with Gasteiger partial charge in [-0.25, -0.2) is 0 Å². The number of methoxy groups -OCH3 is 1. The number of ketones is 1. The van der Waals surface area contributed by atoms with Crippen molar-refractivity contribution in [1.82, 2.24) is 30.2 Å². The molecule has 6 heterocycles. The summed E-state index contributed by atoms with van der Waals surface area (Å²) < 4.78 is 10.7. The van der Waals surface area contributed by atoms with Crippen LogP contribution in [0.3, 0.4) is 0 Å². The highest BCUT2D eigenvalue weighted by Gasteiger charge is 2.34. The predicted octanol–water partition coefficient (Wildman–Crippen LogP) is 5.96. The lowest BCUT2D eigenvalue weighted by atomic mass is 9.85. The summed E-state index contributed by atoms with van der Waals surface area (Å²) in [6.45, 7) is 15.6. The number of nitrogens with zero attached hydrogens (tertiary/aromatic N) is 3. The van der Waals surface area contributed by atoms with E-state index in [0.29, 0.717) is 82.0 Å². The Bertz CT molecular complexity index is 2130. The molecule has 0 aliphatic carbocycles. The Hall–Kier alpha value is -4.88. The molecule has 13 nitrogen and oxygen atoms in total. The zero-order valence-corrected chi connectivity index (χ0v) is 32.4. The van der Waals surface area contributed by atoms with Gasteiger partial charge in [-0.2, -0.15) is 0 Å². The van der Waals surface area contributed by atoms with E-state index in [9.17, 15) is 24.3 Å². The smallest absolute Gasteiger partial charge is 0.310 e. The Kier molecular flexibility index (Phi) is 11.7. The standard InChI is InChI=1S/C41H52N6O7/c1-8-26-21(2)29-20-34-37(25(6)48)23(4)31(44-34)18-30-22(3)27(9-10-35(49)50)39(45-30)28(17-36(51)53-7)40-38(24(5)32(46-40)19-33(26)43-29)41(52)42-11-12-47-13-15-54-16-14-47/h18-22,26-27,44,46H,8-17H2,1-7H3,(H,42,52)(H,49,50)/t21-,22+,26-,27+/m1/s1. The molecule has 4 atom stereocenters. The third-order valence-corrected chi connectivity index (χ3v) is 11.5. The van der Waals surface area contributed by atoms with Crippen molar-refractivity contribution in [3.63, 3.8) is 0 Å². The van der Waals surface area contributed by atoms with E-state index in [0.717, 1.165) is 36.5 Å². The van der Waals surface area contributed by atoms with Crippen LogP contribution in [0.4, 0.5) is 0 Å². The van der Waals surface area contributed by atoms with E-state index < -0.39 is 17.9 Å². The van der Waals surface area contributed by atoms with Gasteiger partial charge in [0.05, 0.1) is 49.0 Å². The minimum atomic E-state index is -0.945. The van der Waals surface area contributed by atoms with Crippen LogP contribution in [0.2, 0.25) is 0 Å². The van der Waals surface area contributed by atoms with Crippen LogP contribution in [0.25, 0.3) is 22.1 Å². The number of aromatic amines is 2. The number of nitrogens with one attached hydrogen (secondary N) is 3. The Morgan fingerprint density at radius 3 is 2.22 bits per heavy atom. The SMILES string of the molecule is CC[C@H]1c2cc3[nH]c(c(CC(=O)OC)c4nc(cc5[nH]c(cc(n2)[C@@H]1C)c(C(C)=O)c5C)[C@@H](C)[C@@H]4CCC(=O)O)c(C(=O)NCCN1CCOCC1)c3C. The monoisotopic (exact) mass is 740 g/mol. The van der Waals surface area contributed by atoms with Crippen LogP contribution in [0.15, 0.2) is 18.2 Å². The first kappa shape index (κ1) is 38.8. The fourth-order valence-corrected chi connectivity index (χ4v) is 8.37. The van der Waals surface area contributed by atoms with Gasteiger partial charge in [0.15, 0.2) is 5.78 Å². The van der Waals surface area contributed by atoms with E-state index >= 15 is 0 Å². The fraction of sp³-hybridized carbons (Fsp3) is 0.512. The number of aliphatic carboxylic acids is 1. The molecule has 0 unspecified atom stereocenters. The quantitative estimate of drug-likeness (QED) is 0.135. The number of aromatic nitrogens is 4. The van der Waals surface area contributed by atoms with E-state index in [1.54, 1.807) is 6.92 Å². The molecule has 4 N–H and O–H groups in total. The summed E-state index contributed by atoms with van der Waals surface area (Å²) in [5, 5.41) is 12.9. The highest BCUT2D eigenvalue weighted by atomic mass is 16.5. The summed E-state index contributed by atoms with van der Waals surface area (Å²) in [4.78, 5) is 72.2. The van der Waals surface area contributed by atoms with Gasteiger partial charge >= 0.3 is 11.9 Å². The maximum atomic E-state index is 14.3. The molecule has 0 aromatic carbocycles. The van der Waals surface area contributed by atoms with Crippen LogP contribution >= 0.6 is 0 Å². The van der Waals surface area contributed by atoms with Gasteiger partial charge in [-0.3, -0.25) is 34.0 Å². The molecule has 1 fully saturated rings. The average Bonchev–Trinajstić information content (AvgIpc) is 3.82. The number of hydrogen-bond donors (Lipinski definition) is 4. The van der Waals surface area contributed by atoms with E-state index in [4.69, 9.17) is 19.4 Å². The molecule has 8 bridgehead atoms. The second-order valence-electron chi connectivity index (χ2n) is 14.8. The first-order valence-electron chi connectivity index (χ1n) is 19.0. The summed E-state index contributed by atoms with van der Waals surface area (Å²) in [5.41, 5.74) is 8.29. The molecule has 13 heteroatoms. The third kappa shape index (κ3) is 7.70. The molecule has 3 aromatic heterocycles. The van der Waals surface area contributed by atoms with E-state index in [-0.39, 0.29) is 48.7 Å². The van der Waals surface area contributed by atoms with Crippen LogP contribution in [-0.4, -0.2) is 100 Å². The maximum absolute atomic E-state index is 14.3. The molecule has 6 rings (SSSR count). The number of ether oxygens (including phenoxy) is 2. The summed E-state index contributed by atoms with van der Waals surface area (Å²) in [7, 11) is 1.32. The topological polar surface area (TPSA) is 180 Å². The number of aryl methyl sites for hydroxylation is 2. The number of fused-ring (bicyclic) bond motifs is 8. The predicted molar refractivity (Wildman–Crippen MR) is 205 cm³/mol. The number of carboxylic acid groups (broad SMARTS) is 1. The van der Waals surface area contributed by atoms with Crippen LogP contribution in [-0.2, 0) is 25.5 Å². The Morgan fingerprint density at radius 1 is 0.926 bits per heavy atom. The van der Waals surface area contributed by atoms with Gasteiger partial charge in [-0.15, -0.1) is 0 Å². The molecule has 3 aromatic rings. The molecule has 3 aliphatic rings. The number of carbonyl (C=O) groups is 4. The number of carbonyl (C=O) groups excluding carboxylic acids is 3. The zero-order chi connectivity index (χ0) is 38.8. The third-order valence-electron chi connectivity index (χ3n) is 11.5. The van der Waals surface area contributed by atoms with Gasteiger partial charge < -0.3 is 29.9 Å². The number of H-pyrrole nitrogens is 2. The fourth-order valence-electron chi connectivity index (χ4n) is 8.37. The van der Waals surface area contributed by atoms with Crippen molar-refractivity contribution in [3.05, 3.63) is 68.8 Å². The van der Waals surface area contributed by atoms with Gasteiger partial charge in [0, 0.05) is 95.5 Å². The lowest BCUT2D eigenvalue weighted by Crippen LogP contribution is -2.41. The van der Waals surface area contributed by atoms with Gasteiger partial charge in [-0.05, 0) is 62.9 Å². The Labute approximate surface area is 315 Å². The number of amides is 1. The lowest BCUT2D eigenvalue weighted by molar-refractivity contribution is -0.140. The van der Waals surface area contributed by atoms with Crippen molar-refractivity contribution in [3.8, 4) is 0 Å². The molecular weight excluding hydrogens is 688 g/mol. The molecule has 288 valence electrons. The van der Waals surface area contributed by atoms with Crippen molar-refractivity contribution in [1.29, 1.82) is 0 Å². The zero-order valence-electron chi connectivity index (χ0n) is 32.4. The van der Waals surface area contributed by atoms with Crippen LogP contribution < -0.4 is 5.32 Å². The molecule has 0 spiro atoms. The van der Waals surface area contributed by atoms with Crippen molar-refractivity contribution in [2.24, 2.45) is 0 Å². The average molecular weight is 741 g/mol. The van der Waals surface area contributed by atoms with Gasteiger partial charge in [0.25, 0.3) is 5.91 Å². The summed E-state index contributed by atoms with van der Waals surface area (Å²) >= 11 is 0. The number of carboxylic acids is 1. The second-order valence-corrected chi connectivity index (χ2v) is 14.8. The number of esters is 1. The molecule has 0 saturated carbocycles. The van der Waals surface area contributed by atoms with Gasteiger partial charge in [0.1, 0.15) is 0 Å². The molecule has 1 amide bonds. The van der Waals surface area contributed by atoms with Crippen molar-refractivity contribution >= 4 is 45.7 Å². The summed E-state index contributed by atoms with van der Waals surface area (Å²) in [6.07, 6.45) is 0.753. The molecule has 0 radical (unpaired) electrons. The molecule has 1 saturated heterocycles. The highest BCUT2D eigenvalue weighted by Crippen LogP contribution is 2.43. The Morgan fingerprint density at radius 2 is 1.56 bits per heavy atom. The molecule has 54 heavy (non-hydrogen) atoms. The second kappa shape index (κ2) is 16.2. The van der Waals surface area contributed by atoms with Crippen LogP contribution in [0.5, 0.6) is 0 Å². The minimum Gasteiger partial charge on any atom is -0.481 e. The molecular formula is C41H52N6O7. The van der Waals surface area contributed by atoms with E-state index in [1.165, 1.54) is 7.11 Å². The Balaban J connectivity index is 1.70.